The molecule has 0 aromatic carbocycles. The Balaban J connectivity index is 4.19. The Morgan fingerprint density at radius 2 is 2.08 bits per heavy atom. The summed E-state index contributed by atoms with van der Waals surface area (Å²) in [7, 11) is 0. The van der Waals surface area contributed by atoms with Gasteiger partial charge in [-0.3, -0.25) is 0 Å². The minimum Gasteiger partial charge on any atom is -0.443 e. The minimum atomic E-state index is -0.542. The summed E-state index contributed by atoms with van der Waals surface area (Å²) < 4.78 is 5.04. The van der Waals surface area contributed by atoms with Gasteiger partial charge >= 0.3 is 6.09 Å². The average Bonchev–Trinajstić information content (AvgIpc) is 1.98. The number of amides is 1. The van der Waals surface area contributed by atoms with E-state index in [0.717, 1.165) is 5.01 Å². The molecule has 4 nitrogen and oxygen atoms in total. The molecule has 0 saturated carbocycles. The number of hydrogen-bond acceptors (Lipinski definition) is 3. The van der Waals surface area contributed by atoms with Crippen LogP contribution in [0.1, 0.15) is 27.7 Å². The lowest BCUT2D eigenvalue weighted by molar-refractivity contribution is 0.0210. The Labute approximate surface area is 79.3 Å². The standard InChI is InChI=1S/C9H18N2O2/c1-6-7(2)11(10)8(12)13-9(3,4)5/h6-7H,1,10H2,2-5H3. The predicted octanol–water partition coefficient (Wildman–Crippen LogP) is 1.67. The zero-order chi connectivity index (χ0) is 10.6. The fraction of sp³-hybridized carbons (Fsp3) is 0.667. The Morgan fingerprint density at radius 1 is 1.62 bits per heavy atom. The molecule has 1 unspecified atom stereocenters. The normalized spacial score (nSPS) is 13.3. The first kappa shape index (κ1) is 12.0. The number of hydrazine groups is 1. The van der Waals surface area contributed by atoms with E-state index < -0.39 is 11.7 Å². The first-order valence-electron chi connectivity index (χ1n) is 4.17. The van der Waals surface area contributed by atoms with Gasteiger partial charge in [0, 0.05) is 0 Å². The topological polar surface area (TPSA) is 55.6 Å². The van der Waals surface area contributed by atoms with Gasteiger partial charge in [-0.15, -0.1) is 6.58 Å². The van der Waals surface area contributed by atoms with Gasteiger partial charge in [0.1, 0.15) is 5.60 Å². The van der Waals surface area contributed by atoms with E-state index in [1.165, 1.54) is 0 Å². The van der Waals surface area contributed by atoms with Crippen LogP contribution in [-0.4, -0.2) is 22.7 Å². The van der Waals surface area contributed by atoms with E-state index in [4.69, 9.17) is 10.6 Å². The largest absolute Gasteiger partial charge is 0.443 e. The molecule has 0 heterocycles. The Morgan fingerprint density at radius 3 is 2.38 bits per heavy atom. The van der Waals surface area contributed by atoms with Gasteiger partial charge in [-0.2, -0.15) is 0 Å². The van der Waals surface area contributed by atoms with Crippen molar-refractivity contribution >= 4 is 6.09 Å². The molecule has 0 fully saturated rings. The lowest BCUT2D eigenvalue weighted by Crippen LogP contribution is -2.45. The molecule has 0 radical (unpaired) electrons. The van der Waals surface area contributed by atoms with E-state index >= 15 is 0 Å². The van der Waals surface area contributed by atoms with Gasteiger partial charge in [0.15, 0.2) is 0 Å². The minimum absolute atomic E-state index is 0.227. The second kappa shape index (κ2) is 4.28. The van der Waals surface area contributed by atoms with E-state index in [0.29, 0.717) is 0 Å². The second-order valence-electron chi connectivity index (χ2n) is 3.86. The zero-order valence-corrected chi connectivity index (χ0v) is 8.70. The van der Waals surface area contributed by atoms with Crippen LogP contribution in [0.3, 0.4) is 0 Å². The van der Waals surface area contributed by atoms with Crippen LogP contribution >= 0.6 is 0 Å². The average molecular weight is 186 g/mol. The SMILES string of the molecule is C=CC(C)N(N)C(=O)OC(C)(C)C. The summed E-state index contributed by atoms with van der Waals surface area (Å²) in [6.45, 7) is 10.7. The lowest BCUT2D eigenvalue weighted by atomic mass is 10.2. The van der Waals surface area contributed by atoms with Crippen molar-refractivity contribution in [3.8, 4) is 0 Å². The monoisotopic (exact) mass is 186 g/mol. The third-order valence-corrected chi connectivity index (χ3v) is 1.38. The van der Waals surface area contributed by atoms with Gasteiger partial charge < -0.3 is 4.74 Å². The van der Waals surface area contributed by atoms with Gasteiger partial charge in [0.2, 0.25) is 0 Å². The summed E-state index contributed by atoms with van der Waals surface area (Å²) in [5, 5.41) is 1.01. The molecule has 0 aliphatic carbocycles. The highest BCUT2D eigenvalue weighted by molar-refractivity contribution is 5.67. The van der Waals surface area contributed by atoms with Crippen molar-refractivity contribution in [2.24, 2.45) is 5.84 Å². The molecule has 0 aliphatic heterocycles. The van der Waals surface area contributed by atoms with Crippen molar-refractivity contribution in [2.45, 2.75) is 39.3 Å². The van der Waals surface area contributed by atoms with Crippen molar-refractivity contribution < 1.29 is 9.53 Å². The lowest BCUT2D eigenvalue weighted by Gasteiger charge is -2.26. The Hall–Kier alpha value is -1.03. The maximum Gasteiger partial charge on any atom is 0.425 e. The third-order valence-electron chi connectivity index (χ3n) is 1.38. The van der Waals surface area contributed by atoms with Gasteiger partial charge in [-0.05, 0) is 27.7 Å². The van der Waals surface area contributed by atoms with Crippen molar-refractivity contribution in [1.29, 1.82) is 0 Å². The van der Waals surface area contributed by atoms with Crippen LogP contribution in [0, 0.1) is 0 Å². The summed E-state index contributed by atoms with van der Waals surface area (Å²) >= 11 is 0. The van der Waals surface area contributed by atoms with Crippen LogP contribution in [0.2, 0.25) is 0 Å². The zero-order valence-electron chi connectivity index (χ0n) is 8.70. The summed E-state index contributed by atoms with van der Waals surface area (Å²) in [5.41, 5.74) is -0.518. The molecule has 0 saturated heterocycles. The van der Waals surface area contributed by atoms with Crippen LogP contribution in [0.4, 0.5) is 4.79 Å². The molecule has 4 heteroatoms. The molecule has 0 aromatic heterocycles. The summed E-state index contributed by atoms with van der Waals surface area (Å²) in [6, 6.07) is -0.227. The Kier molecular flexibility index (Phi) is 3.94. The number of nitrogens with zero attached hydrogens (tertiary/aromatic N) is 1. The molecule has 13 heavy (non-hydrogen) atoms. The molecule has 76 valence electrons. The number of nitrogens with two attached hydrogens (primary N) is 1. The Bertz CT molecular complexity index is 196. The first-order chi connectivity index (χ1) is 5.78. The fourth-order valence-electron chi connectivity index (χ4n) is 0.594. The van der Waals surface area contributed by atoms with Crippen molar-refractivity contribution in [2.75, 3.05) is 0 Å². The number of carbonyl (C=O) groups is 1. The van der Waals surface area contributed by atoms with Crippen LogP contribution in [0.5, 0.6) is 0 Å². The highest BCUT2D eigenvalue weighted by Crippen LogP contribution is 2.09. The highest BCUT2D eigenvalue weighted by Gasteiger charge is 2.21. The third kappa shape index (κ3) is 4.52. The summed E-state index contributed by atoms with van der Waals surface area (Å²) in [4.78, 5) is 11.3. The van der Waals surface area contributed by atoms with E-state index in [1.807, 2.05) is 0 Å². The maximum atomic E-state index is 11.3. The molecule has 0 spiro atoms. The molecular weight excluding hydrogens is 168 g/mol. The molecule has 1 amide bonds. The van der Waals surface area contributed by atoms with Gasteiger partial charge in [0.25, 0.3) is 0 Å². The fourth-order valence-corrected chi connectivity index (χ4v) is 0.594. The number of carbonyl (C=O) groups excluding carboxylic acids is 1. The van der Waals surface area contributed by atoms with Crippen molar-refractivity contribution in [3.05, 3.63) is 12.7 Å². The summed E-state index contributed by atoms with van der Waals surface area (Å²) in [6.07, 6.45) is 1.03. The molecule has 0 aromatic rings. The van der Waals surface area contributed by atoms with Crippen molar-refractivity contribution in [1.82, 2.24) is 5.01 Å². The van der Waals surface area contributed by atoms with E-state index in [1.54, 1.807) is 33.8 Å². The smallest absolute Gasteiger partial charge is 0.425 e. The molecule has 0 rings (SSSR count). The molecule has 2 N–H and O–H groups in total. The van der Waals surface area contributed by atoms with Crippen LogP contribution in [0.15, 0.2) is 12.7 Å². The second-order valence-corrected chi connectivity index (χ2v) is 3.86. The van der Waals surface area contributed by atoms with E-state index in [2.05, 4.69) is 6.58 Å². The van der Waals surface area contributed by atoms with Gasteiger partial charge in [-0.25, -0.2) is 15.6 Å². The van der Waals surface area contributed by atoms with Crippen LogP contribution < -0.4 is 5.84 Å². The van der Waals surface area contributed by atoms with Gasteiger partial charge in [0.05, 0.1) is 6.04 Å². The molecule has 0 aliphatic rings. The summed E-state index contributed by atoms with van der Waals surface area (Å²) in [5.74, 6) is 5.47. The highest BCUT2D eigenvalue weighted by atomic mass is 16.6. The quantitative estimate of drug-likeness (QED) is 0.309. The van der Waals surface area contributed by atoms with Crippen molar-refractivity contribution in [3.63, 3.8) is 0 Å². The predicted molar refractivity (Wildman–Crippen MR) is 51.9 cm³/mol. The molecule has 1 atom stereocenters. The molecular formula is C9H18N2O2. The van der Waals surface area contributed by atoms with E-state index in [9.17, 15) is 4.79 Å². The number of hydrogen-bond donors (Lipinski definition) is 1. The van der Waals surface area contributed by atoms with Gasteiger partial charge in [-0.1, -0.05) is 6.08 Å². The molecule has 0 bridgehead atoms. The number of rotatable bonds is 2. The number of ether oxygens (including phenoxy) is 1. The van der Waals surface area contributed by atoms with E-state index in [-0.39, 0.29) is 6.04 Å². The van der Waals surface area contributed by atoms with Crippen LogP contribution in [-0.2, 0) is 4.74 Å². The van der Waals surface area contributed by atoms with Crippen LogP contribution in [0.25, 0.3) is 0 Å². The first-order valence-corrected chi connectivity index (χ1v) is 4.17. The maximum absolute atomic E-state index is 11.3.